The van der Waals surface area contributed by atoms with Gasteiger partial charge in [0, 0.05) is 18.0 Å². The molecule has 72 valence electrons. The van der Waals surface area contributed by atoms with Crippen molar-refractivity contribution in [1.29, 1.82) is 0 Å². The van der Waals surface area contributed by atoms with Gasteiger partial charge in [-0.05, 0) is 19.9 Å². The minimum absolute atomic E-state index is 0.478. The highest BCUT2D eigenvalue weighted by molar-refractivity contribution is 5.33. The minimum Gasteiger partial charge on any atom is -0.303 e. The molecule has 2 rings (SSSR count). The Labute approximate surface area is 81.2 Å². The molecule has 2 aromatic heterocycles. The molecule has 0 amide bonds. The third-order valence-electron chi connectivity index (χ3n) is 2.24. The molecule has 2 heterocycles. The predicted octanol–water partition coefficient (Wildman–Crippen LogP) is 2.02. The summed E-state index contributed by atoms with van der Waals surface area (Å²) in [5.74, 6) is -0.478. The molecule has 0 radical (unpaired) electrons. The van der Waals surface area contributed by atoms with Crippen molar-refractivity contribution in [2.45, 2.75) is 13.8 Å². The maximum Gasteiger partial charge on any atom is 0.214 e. The maximum absolute atomic E-state index is 12.8. The van der Waals surface area contributed by atoms with Crippen LogP contribution in [0.4, 0.5) is 4.39 Å². The lowest BCUT2D eigenvalue weighted by Gasteiger charge is -2.04. The van der Waals surface area contributed by atoms with E-state index in [2.05, 4.69) is 9.97 Å². The predicted molar refractivity (Wildman–Crippen MR) is 50.8 cm³/mol. The molecule has 0 aliphatic carbocycles. The lowest BCUT2D eigenvalue weighted by Crippen LogP contribution is -1.96. The number of hydrogen-bond donors (Lipinski definition) is 0. The molecule has 0 N–H and O–H groups in total. The van der Waals surface area contributed by atoms with Gasteiger partial charge < -0.3 is 4.57 Å². The SMILES string of the molecule is Cc1ncn(-c2ccnc(F)c2)c1C. The zero-order valence-corrected chi connectivity index (χ0v) is 8.03. The molecule has 3 nitrogen and oxygen atoms in total. The first-order chi connectivity index (χ1) is 6.68. The summed E-state index contributed by atoms with van der Waals surface area (Å²) in [4.78, 5) is 7.64. The molecule has 0 bridgehead atoms. The quantitative estimate of drug-likeness (QED) is 0.645. The number of pyridine rings is 1. The van der Waals surface area contributed by atoms with E-state index in [0.717, 1.165) is 17.1 Å². The van der Waals surface area contributed by atoms with E-state index >= 15 is 0 Å². The van der Waals surface area contributed by atoms with E-state index in [1.807, 2.05) is 18.4 Å². The van der Waals surface area contributed by atoms with Crippen molar-refractivity contribution in [3.05, 3.63) is 42.0 Å². The number of aryl methyl sites for hydroxylation is 1. The summed E-state index contributed by atoms with van der Waals surface area (Å²) >= 11 is 0. The van der Waals surface area contributed by atoms with Gasteiger partial charge in [0.15, 0.2) is 0 Å². The molecule has 14 heavy (non-hydrogen) atoms. The third-order valence-corrected chi connectivity index (χ3v) is 2.24. The Hall–Kier alpha value is -1.71. The van der Waals surface area contributed by atoms with Gasteiger partial charge in [0.25, 0.3) is 0 Å². The molecule has 0 atom stereocenters. The second-order valence-corrected chi connectivity index (χ2v) is 3.12. The van der Waals surface area contributed by atoms with Gasteiger partial charge in [-0.25, -0.2) is 9.97 Å². The van der Waals surface area contributed by atoms with Gasteiger partial charge >= 0.3 is 0 Å². The Morgan fingerprint density at radius 2 is 2.07 bits per heavy atom. The van der Waals surface area contributed by atoms with Crippen molar-refractivity contribution >= 4 is 0 Å². The average Bonchev–Trinajstić information content (AvgIpc) is 2.48. The van der Waals surface area contributed by atoms with Crippen molar-refractivity contribution in [3.8, 4) is 5.69 Å². The summed E-state index contributed by atoms with van der Waals surface area (Å²) in [7, 11) is 0. The first-order valence-corrected chi connectivity index (χ1v) is 4.31. The van der Waals surface area contributed by atoms with E-state index in [9.17, 15) is 4.39 Å². The summed E-state index contributed by atoms with van der Waals surface area (Å²) in [6.07, 6.45) is 3.12. The largest absolute Gasteiger partial charge is 0.303 e. The zero-order chi connectivity index (χ0) is 10.1. The van der Waals surface area contributed by atoms with Gasteiger partial charge in [-0.15, -0.1) is 0 Å². The van der Waals surface area contributed by atoms with E-state index in [1.54, 1.807) is 12.4 Å². The molecule has 4 heteroatoms. The summed E-state index contributed by atoms with van der Waals surface area (Å²) in [6, 6.07) is 3.13. The molecule has 0 saturated carbocycles. The van der Waals surface area contributed by atoms with E-state index < -0.39 is 5.95 Å². The standard InChI is InChI=1S/C10H10FN3/c1-7-8(2)14(6-13-7)9-3-4-12-10(11)5-9/h3-6H,1-2H3. The van der Waals surface area contributed by atoms with Crippen LogP contribution >= 0.6 is 0 Å². The number of halogens is 1. The fourth-order valence-corrected chi connectivity index (χ4v) is 1.30. The van der Waals surface area contributed by atoms with E-state index in [-0.39, 0.29) is 0 Å². The van der Waals surface area contributed by atoms with Crippen LogP contribution in [0.2, 0.25) is 0 Å². The van der Waals surface area contributed by atoms with Crippen molar-refractivity contribution < 1.29 is 4.39 Å². The van der Waals surface area contributed by atoms with Crippen LogP contribution in [0.5, 0.6) is 0 Å². The second kappa shape index (κ2) is 3.21. The van der Waals surface area contributed by atoms with E-state index in [4.69, 9.17) is 0 Å². The van der Waals surface area contributed by atoms with Crippen LogP contribution in [-0.4, -0.2) is 14.5 Å². The molecule has 0 fully saturated rings. The van der Waals surface area contributed by atoms with Crippen LogP contribution in [0.25, 0.3) is 5.69 Å². The lowest BCUT2D eigenvalue weighted by atomic mass is 10.3. The molecular formula is C10H10FN3. The lowest BCUT2D eigenvalue weighted by molar-refractivity contribution is 0.582. The third kappa shape index (κ3) is 1.39. The normalized spacial score (nSPS) is 10.5. The molecule has 0 aliphatic rings. The van der Waals surface area contributed by atoms with E-state index in [0.29, 0.717) is 0 Å². The molecule has 0 aliphatic heterocycles. The summed E-state index contributed by atoms with van der Waals surface area (Å²) in [6.45, 7) is 3.87. The Bertz CT molecular complexity index is 462. The van der Waals surface area contributed by atoms with Crippen molar-refractivity contribution in [2.75, 3.05) is 0 Å². The number of nitrogens with zero attached hydrogens (tertiary/aromatic N) is 3. The van der Waals surface area contributed by atoms with Crippen molar-refractivity contribution in [3.63, 3.8) is 0 Å². The van der Waals surface area contributed by atoms with Crippen molar-refractivity contribution in [1.82, 2.24) is 14.5 Å². The first-order valence-electron chi connectivity index (χ1n) is 4.31. The van der Waals surface area contributed by atoms with Crippen molar-refractivity contribution in [2.24, 2.45) is 0 Å². The van der Waals surface area contributed by atoms with Crippen LogP contribution in [0, 0.1) is 19.8 Å². The Kier molecular flexibility index (Phi) is 2.04. The molecule has 0 unspecified atom stereocenters. The van der Waals surface area contributed by atoms with Crippen LogP contribution < -0.4 is 0 Å². The average molecular weight is 191 g/mol. The van der Waals surface area contributed by atoms with Gasteiger partial charge in [0.2, 0.25) is 5.95 Å². The first kappa shape index (κ1) is 8.87. The Morgan fingerprint density at radius 3 is 2.64 bits per heavy atom. The monoisotopic (exact) mass is 191 g/mol. The smallest absolute Gasteiger partial charge is 0.214 e. The number of rotatable bonds is 1. The summed E-state index contributed by atoms with van der Waals surface area (Å²) in [5, 5.41) is 0. The van der Waals surface area contributed by atoms with Crippen LogP contribution in [-0.2, 0) is 0 Å². The van der Waals surface area contributed by atoms with Crippen LogP contribution in [0.1, 0.15) is 11.4 Å². The number of imidazole rings is 1. The minimum atomic E-state index is -0.478. The van der Waals surface area contributed by atoms with Gasteiger partial charge in [0.05, 0.1) is 17.7 Å². The zero-order valence-electron chi connectivity index (χ0n) is 8.03. The molecule has 0 spiro atoms. The molecular weight excluding hydrogens is 181 g/mol. The molecule has 0 aromatic carbocycles. The van der Waals surface area contributed by atoms with Gasteiger partial charge in [-0.3, -0.25) is 0 Å². The number of hydrogen-bond acceptors (Lipinski definition) is 2. The van der Waals surface area contributed by atoms with Gasteiger partial charge in [-0.2, -0.15) is 4.39 Å². The summed E-state index contributed by atoms with van der Waals surface area (Å²) < 4.78 is 14.7. The fourth-order valence-electron chi connectivity index (χ4n) is 1.30. The highest BCUT2D eigenvalue weighted by Crippen LogP contribution is 2.13. The molecule has 0 saturated heterocycles. The molecule has 2 aromatic rings. The number of aromatic nitrogens is 3. The maximum atomic E-state index is 12.8. The topological polar surface area (TPSA) is 30.7 Å². The Morgan fingerprint density at radius 1 is 1.29 bits per heavy atom. The summed E-state index contributed by atoms with van der Waals surface area (Å²) in [5.41, 5.74) is 2.70. The second-order valence-electron chi connectivity index (χ2n) is 3.12. The van der Waals surface area contributed by atoms with Gasteiger partial charge in [-0.1, -0.05) is 0 Å². The highest BCUT2D eigenvalue weighted by atomic mass is 19.1. The Balaban J connectivity index is 2.55. The van der Waals surface area contributed by atoms with E-state index in [1.165, 1.54) is 12.3 Å². The van der Waals surface area contributed by atoms with Crippen LogP contribution in [0.15, 0.2) is 24.7 Å². The van der Waals surface area contributed by atoms with Crippen LogP contribution in [0.3, 0.4) is 0 Å². The highest BCUT2D eigenvalue weighted by Gasteiger charge is 2.04. The van der Waals surface area contributed by atoms with Gasteiger partial charge in [0.1, 0.15) is 0 Å². The fraction of sp³-hybridized carbons (Fsp3) is 0.200.